The van der Waals surface area contributed by atoms with Gasteiger partial charge in [0.15, 0.2) is 11.1 Å². The molecule has 2 aliphatic rings. The second kappa shape index (κ2) is 5.14. The zero-order valence-electron chi connectivity index (χ0n) is 10.5. The van der Waals surface area contributed by atoms with Crippen molar-refractivity contribution in [1.29, 1.82) is 0 Å². The summed E-state index contributed by atoms with van der Waals surface area (Å²) in [4.78, 5) is 23.6. The minimum absolute atomic E-state index is 0.180. The van der Waals surface area contributed by atoms with E-state index in [9.17, 15) is 22.2 Å². The second-order valence-electron chi connectivity index (χ2n) is 4.56. The zero-order chi connectivity index (χ0) is 16.1. The van der Waals surface area contributed by atoms with E-state index in [-0.39, 0.29) is 11.3 Å². The lowest BCUT2D eigenvalue weighted by Crippen LogP contribution is -2.62. The maximum atomic E-state index is 11.9. The third-order valence-electron chi connectivity index (χ3n) is 3.36. The number of nitrogens with zero attached hydrogens (tertiary/aromatic N) is 1. The van der Waals surface area contributed by atoms with Crippen LogP contribution in [-0.2, 0) is 35.3 Å². The fourth-order valence-electron chi connectivity index (χ4n) is 2.62. The zero-order valence-corrected chi connectivity index (χ0v) is 12.1. The average molecular weight is 341 g/mol. The molecule has 0 aromatic carbocycles. The number of rotatable bonds is 5. The number of carboxylic acid groups (broad SMARTS) is 1. The van der Waals surface area contributed by atoms with Gasteiger partial charge in [-0.15, -0.1) is 0 Å². The molecule has 0 aliphatic carbocycles. The molecule has 0 spiro atoms. The average Bonchev–Trinajstić information content (AvgIpc) is 2.61. The van der Waals surface area contributed by atoms with Crippen LogP contribution in [0.15, 0.2) is 10.6 Å². The summed E-state index contributed by atoms with van der Waals surface area (Å²) in [6.07, 6.45) is -1.41. The van der Waals surface area contributed by atoms with Gasteiger partial charge in [-0.2, -0.15) is 8.42 Å². The minimum Gasteiger partial charge on any atom is -0.477 e. The lowest BCUT2D eigenvalue weighted by atomic mass is 9.83. The minimum atomic E-state index is -4.77. The van der Waals surface area contributed by atoms with E-state index >= 15 is 0 Å². The molecule has 0 saturated carbocycles. The number of carboxylic acids is 1. The van der Waals surface area contributed by atoms with Crippen LogP contribution in [0.3, 0.4) is 0 Å². The van der Waals surface area contributed by atoms with E-state index in [4.69, 9.17) is 14.2 Å². The first kappa shape index (κ1) is 16.0. The molecular formula is C9H11NO9S2. The van der Waals surface area contributed by atoms with Crippen molar-refractivity contribution in [2.75, 3.05) is 0 Å². The summed E-state index contributed by atoms with van der Waals surface area (Å²) < 4.78 is 54.4. The van der Waals surface area contributed by atoms with Gasteiger partial charge in [0, 0.05) is 6.42 Å². The third kappa shape index (κ3) is 2.72. The molecular weight excluding hydrogens is 330 g/mol. The summed E-state index contributed by atoms with van der Waals surface area (Å²) >= 11 is -2.56. The number of carbonyl (C=O) groups is 2. The van der Waals surface area contributed by atoms with Gasteiger partial charge < -0.3 is 14.6 Å². The molecule has 118 valence electrons. The molecule has 0 radical (unpaired) electrons. The predicted molar refractivity (Wildman–Crippen MR) is 66.3 cm³/mol. The molecule has 2 heterocycles. The Morgan fingerprint density at radius 1 is 1.52 bits per heavy atom. The Labute approximate surface area is 121 Å². The molecule has 10 nitrogen and oxygen atoms in total. The number of hydrogen-bond acceptors (Lipinski definition) is 6. The summed E-state index contributed by atoms with van der Waals surface area (Å²) in [7, 11) is -4.77. The third-order valence-corrected chi connectivity index (χ3v) is 4.69. The summed E-state index contributed by atoms with van der Waals surface area (Å²) in [5.74, 6) is -3.29. The molecule has 12 heteroatoms. The van der Waals surface area contributed by atoms with Gasteiger partial charge in [-0.3, -0.25) is 9.35 Å². The van der Waals surface area contributed by atoms with Crippen LogP contribution in [-0.4, -0.2) is 55.8 Å². The maximum Gasteiger partial charge on any atom is 0.397 e. The normalized spacial score (nSPS) is 28.1. The smallest absolute Gasteiger partial charge is 0.397 e. The van der Waals surface area contributed by atoms with E-state index in [0.29, 0.717) is 0 Å². The number of hydrogen-bond donors (Lipinski definition) is 3. The lowest BCUT2D eigenvalue weighted by Gasteiger charge is -2.45. The first-order valence-electron chi connectivity index (χ1n) is 5.60. The molecule has 3 N–H and O–H groups in total. The Bertz CT molecular complexity index is 667. The van der Waals surface area contributed by atoms with Gasteiger partial charge in [0.1, 0.15) is 5.70 Å². The van der Waals surface area contributed by atoms with Crippen molar-refractivity contribution in [2.24, 2.45) is 5.92 Å². The SMILES string of the molecule is C[C@@H](OS(=O)(=O)O)[C@@H]1C(=O)N2C(C(=O)O)=C(S(=O)O)C[C@@H]12. The van der Waals surface area contributed by atoms with Crippen LogP contribution < -0.4 is 0 Å². The number of β-lactam (4-membered cyclic amide) rings is 1. The molecule has 2 aliphatic heterocycles. The van der Waals surface area contributed by atoms with Crippen LogP contribution in [0.2, 0.25) is 0 Å². The van der Waals surface area contributed by atoms with Gasteiger partial charge in [0.25, 0.3) is 0 Å². The Hall–Kier alpha value is -1.34. The quantitative estimate of drug-likeness (QED) is 0.322. The van der Waals surface area contributed by atoms with Gasteiger partial charge in [-0.25, -0.2) is 13.2 Å². The van der Waals surface area contributed by atoms with Gasteiger partial charge in [-0.1, -0.05) is 0 Å². The van der Waals surface area contributed by atoms with Crippen LogP contribution in [0, 0.1) is 5.92 Å². The van der Waals surface area contributed by atoms with E-state index in [1.165, 1.54) is 6.92 Å². The van der Waals surface area contributed by atoms with E-state index in [0.717, 1.165) is 4.90 Å². The lowest BCUT2D eigenvalue weighted by molar-refractivity contribution is -0.160. The predicted octanol–water partition coefficient (Wildman–Crippen LogP) is -1.06. The Balaban J connectivity index is 2.26. The molecule has 1 fully saturated rings. The highest BCUT2D eigenvalue weighted by molar-refractivity contribution is 7.83. The number of aliphatic carboxylic acids is 1. The molecule has 0 aromatic rings. The van der Waals surface area contributed by atoms with Gasteiger partial charge in [0.2, 0.25) is 5.91 Å². The van der Waals surface area contributed by atoms with Crippen molar-refractivity contribution in [3.05, 3.63) is 10.6 Å². The van der Waals surface area contributed by atoms with E-state index in [1.807, 2.05) is 0 Å². The molecule has 4 atom stereocenters. The van der Waals surface area contributed by atoms with Crippen LogP contribution in [0.4, 0.5) is 0 Å². The fourth-order valence-corrected chi connectivity index (χ4v) is 3.79. The van der Waals surface area contributed by atoms with E-state index in [2.05, 4.69) is 4.18 Å². The van der Waals surface area contributed by atoms with Crippen LogP contribution in [0.25, 0.3) is 0 Å². The molecule has 21 heavy (non-hydrogen) atoms. The summed E-state index contributed by atoms with van der Waals surface area (Å²) in [5, 5.41) is 9.02. The van der Waals surface area contributed by atoms with Crippen molar-refractivity contribution in [2.45, 2.75) is 25.5 Å². The second-order valence-corrected chi connectivity index (χ2v) is 6.60. The number of fused-ring (bicyclic) bond motifs is 1. The van der Waals surface area contributed by atoms with Crippen molar-refractivity contribution >= 4 is 33.4 Å². The molecule has 1 unspecified atom stereocenters. The van der Waals surface area contributed by atoms with Crippen molar-refractivity contribution in [3.63, 3.8) is 0 Å². The number of amides is 1. The van der Waals surface area contributed by atoms with Gasteiger partial charge in [-0.05, 0) is 6.92 Å². The first-order chi connectivity index (χ1) is 9.54. The molecule has 0 bridgehead atoms. The molecule has 0 aromatic heterocycles. The van der Waals surface area contributed by atoms with Crippen molar-refractivity contribution in [1.82, 2.24) is 4.90 Å². The Kier molecular flexibility index (Phi) is 3.92. The van der Waals surface area contributed by atoms with Crippen LogP contribution >= 0.6 is 0 Å². The summed E-state index contributed by atoms with van der Waals surface area (Å²) in [5.41, 5.74) is -0.568. The maximum absolute atomic E-state index is 11.9. The molecule has 2 rings (SSSR count). The molecule has 1 saturated heterocycles. The van der Waals surface area contributed by atoms with Crippen molar-refractivity contribution in [3.8, 4) is 0 Å². The van der Waals surface area contributed by atoms with E-state index < -0.39 is 57.1 Å². The van der Waals surface area contributed by atoms with Gasteiger partial charge in [0.05, 0.1) is 23.0 Å². The van der Waals surface area contributed by atoms with Crippen LogP contribution in [0.5, 0.6) is 0 Å². The van der Waals surface area contributed by atoms with Gasteiger partial charge >= 0.3 is 16.4 Å². The Morgan fingerprint density at radius 2 is 2.10 bits per heavy atom. The highest BCUT2D eigenvalue weighted by Gasteiger charge is 2.58. The summed E-state index contributed by atoms with van der Waals surface area (Å²) in [6.45, 7) is 1.22. The monoisotopic (exact) mass is 341 g/mol. The fraction of sp³-hybridized carbons (Fsp3) is 0.556. The highest BCUT2D eigenvalue weighted by Crippen LogP contribution is 2.45. The first-order valence-corrected chi connectivity index (χ1v) is 8.08. The van der Waals surface area contributed by atoms with Crippen molar-refractivity contribution < 1.29 is 40.6 Å². The standard InChI is InChI=1S/C9H11NO9S2/c1-3(19-21(16,17)18)6-4-2-5(20(14)15)7(9(12)13)10(4)8(6)11/h3-4,6H,2H2,1H3,(H,12,13)(H,14,15)(H,16,17,18)/t3-,4+,6+/m1/s1. The van der Waals surface area contributed by atoms with Crippen LogP contribution in [0.1, 0.15) is 13.3 Å². The highest BCUT2D eigenvalue weighted by atomic mass is 32.3. The number of carbonyl (C=O) groups excluding carboxylic acids is 1. The largest absolute Gasteiger partial charge is 0.477 e. The van der Waals surface area contributed by atoms with E-state index in [1.54, 1.807) is 0 Å². The molecule has 1 amide bonds. The topological polar surface area (TPSA) is 159 Å². The summed E-state index contributed by atoms with van der Waals surface area (Å²) in [6, 6.07) is -0.786. The Morgan fingerprint density at radius 3 is 2.52 bits per heavy atom.